The molecule has 0 saturated heterocycles. The van der Waals surface area contributed by atoms with Crippen LogP contribution < -0.4 is 5.56 Å². The summed E-state index contributed by atoms with van der Waals surface area (Å²) < 4.78 is 1.05. The molecule has 0 saturated carbocycles. The van der Waals surface area contributed by atoms with Gasteiger partial charge in [-0.05, 0) is 6.07 Å². The average molecular weight is 239 g/mol. The molecular weight excluding hydrogens is 226 g/mol. The fourth-order valence-electron chi connectivity index (χ4n) is 1.18. The Morgan fingerprint density at radius 3 is 2.65 bits per heavy atom. The van der Waals surface area contributed by atoms with Gasteiger partial charge in [-0.3, -0.25) is 14.4 Å². The first kappa shape index (κ1) is 12.9. The quantitative estimate of drug-likeness (QED) is 0.752. The minimum absolute atomic E-state index is 0.0959. The highest BCUT2D eigenvalue weighted by molar-refractivity contribution is 5.92. The summed E-state index contributed by atoms with van der Waals surface area (Å²) in [5, 5.41) is 12.3. The van der Waals surface area contributed by atoms with E-state index in [1.165, 1.54) is 31.1 Å². The third-order valence-corrected chi connectivity index (χ3v) is 2.19. The monoisotopic (exact) mass is 239 g/mol. The Morgan fingerprint density at radius 1 is 1.47 bits per heavy atom. The van der Waals surface area contributed by atoms with Crippen molar-refractivity contribution in [3.05, 3.63) is 28.2 Å². The Balaban J connectivity index is 2.78. The molecular formula is C10H13N3O4. The van der Waals surface area contributed by atoms with Gasteiger partial charge in [0.05, 0.1) is 6.42 Å². The van der Waals surface area contributed by atoms with Crippen molar-refractivity contribution in [1.29, 1.82) is 0 Å². The van der Waals surface area contributed by atoms with Gasteiger partial charge in [0, 0.05) is 26.7 Å². The number of carboxylic acid groups (broad SMARTS) is 1. The lowest BCUT2D eigenvalue weighted by Gasteiger charge is -2.15. The largest absolute Gasteiger partial charge is 0.481 e. The summed E-state index contributed by atoms with van der Waals surface area (Å²) in [6.07, 6.45) is -0.131. The molecule has 1 amide bonds. The van der Waals surface area contributed by atoms with Gasteiger partial charge < -0.3 is 10.0 Å². The molecule has 7 heteroatoms. The lowest BCUT2D eigenvalue weighted by molar-refractivity contribution is -0.137. The Labute approximate surface area is 97.3 Å². The van der Waals surface area contributed by atoms with Crippen molar-refractivity contribution < 1.29 is 14.7 Å². The highest BCUT2D eigenvalue weighted by atomic mass is 16.4. The molecule has 1 aromatic heterocycles. The molecule has 0 spiro atoms. The van der Waals surface area contributed by atoms with E-state index in [4.69, 9.17) is 5.11 Å². The van der Waals surface area contributed by atoms with Gasteiger partial charge in [-0.1, -0.05) is 0 Å². The maximum atomic E-state index is 11.8. The van der Waals surface area contributed by atoms with Crippen LogP contribution in [0.4, 0.5) is 0 Å². The summed E-state index contributed by atoms with van der Waals surface area (Å²) in [6.45, 7) is 0.0959. The lowest BCUT2D eigenvalue weighted by atomic mass is 10.3. The van der Waals surface area contributed by atoms with Crippen molar-refractivity contribution >= 4 is 11.9 Å². The predicted molar refractivity (Wildman–Crippen MR) is 58.7 cm³/mol. The third kappa shape index (κ3) is 3.40. The normalized spacial score (nSPS) is 10.0. The summed E-state index contributed by atoms with van der Waals surface area (Å²) in [5.74, 6) is -1.39. The van der Waals surface area contributed by atoms with E-state index in [9.17, 15) is 14.4 Å². The fraction of sp³-hybridized carbons (Fsp3) is 0.400. The van der Waals surface area contributed by atoms with Crippen LogP contribution in [0.1, 0.15) is 16.9 Å². The number of aryl methyl sites for hydroxylation is 1. The number of aromatic nitrogens is 2. The maximum Gasteiger partial charge on any atom is 0.305 e. The second kappa shape index (κ2) is 5.24. The number of carbonyl (C=O) groups excluding carboxylic acids is 1. The molecule has 1 N–H and O–H groups in total. The molecule has 0 atom stereocenters. The number of aliphatic carboxylic acids is 1. The van der Waals surface area contributed by atoms with Crippen LogP contribution in [0, 0.1) is 0 Å². The zero-order chi connectivity index (χ0) is 13.0. The minimum atomic E-state index is -0.974. The number of carbonyl (C=O) groups is 2. The Kier molecular flexibility index (Phi) is 3.97. The van der Waals surface area contributed by atoms with Crippen molar-refractivity contribution in [1.82, 2.24) is 14.7 Å². The van der Waals surface area contributed by atoms with Gasteiger partial charge in [0.25, 0.3) is 11.5 Å². The highest BCUT2D eigenvalue weighted by Gasteiger charge is 2.14. The van der Waals surface area contributed by atoms with E-state index in [0.29, 0.717) is 0 Å². The molecule has 0 aliphatic carbocycles. The van der Waals surface area contributed by atoms with Gasteiger partial charge in [-0.25, -0.2) is 4.68 Å². The third-order valence-electron chi connectivity index (χ3n) is 2.19. The van der Waals surface area contributed by atoms with Gasteiger partial charge in [-0.15, -0.1) is 0 Å². The summed E-state index contributed by atoms with van der Waals surface area (Å²) in [7, 11) is 2.93. The molecule has 0 aromatic carbocycles. The summed E-state index contributed by atoms with van der Waals surface area (Å²) >= 11 is 0. The van der Waals surface area contributed by atoms with Crippen molar-refractivity contribution in [2.75, 3.05) is 13.6 Å². The first-order valence-corrected chi connectivity index (χ1v) is 4.93. The number of rotatable bonds is 4. The average Bonchev–Trinajstić information content (AvgIpc) is 2.28. The lowest BCUT2D eigenvalue weighted by Crippen LogP contribution is -2.31. The summed E-state index contributed by atoms with van der Waals surface area (Å²) in [5.41, 5.74) is -0.199. The van der Waals surface area contributed by atoms with Crippen LogP contribution in [0.25, 0.3) is 0 Å². The zero-order valence-electron chi connectivity index (χ0n) is 9.58. The molecule has 92 valence electrons. The first-order valence-electron chi connectivity index (χ1n) is 4.93. The molecule has 0 unspecified atom stereocenters. The van der Waals surface area contributed by atoms with E-state index >= 15 is 0 Å². The molecule has 1 rings (SSSR count). The van der Waals surface area contributed by atoms with Crippen LogP contribution in [0.15, 0.2) is 16.9 Å². The Hall–Kier alpha value is -2.18. The van der Waals surface area contributed by atoms with E-state index in [1.54, 1.807) is 0 Å². The molecule has 0 aliphatic heterocycles. The number of amides is 1. The summed E-state index contributed by atoms with van der Waals surface area (Å²) in [6, 6.07) is 2.56. The van der Waals surface area contributed by atoms with Crippen molar-refractivity contribution in [2.45, 2.75) is 6.42 Å². The van der Waals surface area contributed by atoms with Gasteiger partial charge in [0.1, 0.15) is 5.69 Å². The standard InChI is InChI=1S/C10H13N3O4/c1-12(6-5-9(15)16)10(17)7-3-4-8(14)13(2)11-7/h3-4H,5-6H2,1-2H3,(H,15,16). The second-order valence-electron chi connectivity index (χ2n) is 3.55. The predicted octanol–water partition coefficient (Wildman–Crippen LogP) is -0.673. The molecule has 0 fully saturated rings. The van der Waals surface area contributed by atoms with Crippen LogP contribution in [0.3, 0.4) is 0 Å². The minimum Gasteiger partial charge on any atom is -0.481 e. The maximum absolute atomic E-state index is 11.8. The van der Waals surface area contributed by atoms with Crippen LogP contribution in [0.5, 0.6) is 0 Å². The van der Waals surface area contributed by atoms with Gasteiger partial charge in [-0.2, -0.15) is 5.10 Å². The molecule has 0 aliphatic rings. The van der Waals surface area contributed by atoms with E-state index < -0.39 is 11.9 Å². The fourth-order valence-corrected chi connectivity index (χ4v) is 1.18. The summed E-state index contributed by atoms with van der Waals surface area (Å²) in [4.78, 5) is 34.5. The van der Waals surface area contributed by atoms with E-state index in [1.807, 2.05) is 0 Å². The first-order chi connectivity index (χ1) is 7.91. The van der Waals surface area contributed by atoms with Crippen molar-refractivity contribution in [3.63, 3.8) is 0 Å². The molecule has 1 aromatic rings. The number of carboxylic acids is 1. The highest BCUT2D eigenvalue weighted by Crippen LogP contribution is 1.98. The molecule has 1 heterocycles. The molecule has 17 heavy (non-hydrogen) atoms. The molecule has 7 nitrogen and oxygen atoms in total. The van der Waals surface area contributed by atoms with Crippen LogP contribution in [-0.2, 0) is 11.8 Å². The van der Waals surface area contributed by atoms with E-state index in [-0.39, 0.29) is 24.2 Å². The smallest absolute Gasteiger partial charge is 0.305 e. The zero-order valence-corrected chi connectivity index (χ0v) is 9.58. The van der Waals surface area contributed by atoms with Crippen molar-refractivity contribution in [3.8, 4) is 0 Å². The van der Waals surface area contributed by atoms with Crippen LogP contribution >= 0.6 is 0 Å². The number of nitrogens with zero attached hydrogens (tertiary/aromatic N) is 3. The van der Waals surface area contributed by atoms with Gasteiger partial charge >= 0.3 is 5.97 Å². The Morgan fingerprint density at radius 2 is 2.12 bits per heavy atom. The SMILES string of the molecule is CN(CCC(=O)O)C(=O)c1ccc(=O)n(C)n1. The van der Waals surface area contributed by atoms with Crippen LogP contribution in [-0.4, -0.2) is 45.3 Å². The van der Waals surface area contributed by atoms with Gasteiger partial charge in [0.15, 0.2) is 0 Å². The second-order valence-corrected chi connectivity index (χ2v) is 3.55. The van der Waals surface area contributed by atoms with Crippen LogP contribution in [0.2, 0.25) is 0 Å². The van der Waals surface area contributed by atoms with Crippen molar-refractivity contribution in [2.24, 2.45) is 7.05 Å². The van der Waals surface area contributed by atoms with Gasteiger partial charge in [0.2, 0.25) is 0 Å². The number of hydrogen-bond acceptors (Lipinski definition) is 4. The molecule has 0 radical (unpaired) electrons. The topological polar surface area (TPSA) is 92.5 Å². The van der Waals surface area contributed by atoms with E-state index in [0.717, 1.165) is 4.68 Å². The van der Waals surface area contributed by atoms with E-state index in [2.05, 4.69) is 5.10 Å². The Bertz CT molecular complexity index is 495. The number of hydrogen-bond donors (Lipinski definition) is 1. The molecule has 0 bridgehead atoms.